The van der Waals surface area contributed by atoms with E-state index in [9.17, 15) is 0 Å². The summed E-state index contributed by atoms with van der Waals surface area (Å²) in [6, 6.07) is 3.48. The lowest BCUT2D eigenvalue weighted by molar-refractivity contribution is 0.0800. The summed E-state index contributed by atoms with van der Waals surface area (Å²) >= 11 is 0. The zero-order valence-electron chi connectivity index (χ0n) is 14.4. The molecule has 2 fully saturated rings. The predicted octanol–water partition coefficient (Wildman–Crippen LogP) is 1.89. The monoisotopic (exact) mass is 444 g/mol. The minimum Gasteiger partial charge on any atom is -0.356 e. The van der Waals surface area contributed by atoms with Crippen molar-refractivity contribution < 1.29 is 0 Å². The third-order valence-corrected chi connectivity index (χ3v) is 5.40. The lowest BCUT2D eigenvalue weighted by atomic mass is 9.86. The molecule has 0 amide bonds. The van der Waals surface area contributed by atoms with Gasteiger partial charge >= 0.3 is 0 Å². The third kappa shape index (κ3) is 3.87. The van der Waals surface area contributed by atoms with E-state index in [1.807, 2.05) is 6.20 Å². The number of aryl methyl sites for hydroxylation is 1. The normalized spacial score (nSPS) is 27.8. The fraction of sp³-hybridized carbons (Fsp3) is 0.765. The number of halogens is 1. The molecule has 2 N–H and O–H groups in total. The zero-order chi connectivity index (χ0) is 15.6. The molecule has 2 atom stereocenters. The molecular formula is C17H29IN6. The number of piperidine rings is 1. The van der Waals surface area contributed by atoms with E-state index in [0.29, 0.717) is 12.0 Å². The number of aliphatic imine (C=N–C) groups is 1. The molecule has 4 rings (SSSR count). The van der Waals surface area contributed by atoms with Gasteiger partial charge in [0, 0.05) is 38.9 Å². The average molecular weight is 444 g/mol. The molecule has 6 nitrogen and oxygen atoms in total. The minimum atomic E-state index is 0. The molecule has 7 heteroatoms. The van der Waals surface area contributed by atoms with Crippen molar-refractivity contribution in [3.63, 3.8) is 0 Å². The molecule has 134 valence electrons. The highest BCUT2D eigenvalue weighted by Crippen LogP contribution is 2.42. The minimum absolute atomic E-state index is 0. The molecule has 1 saturated heterocycles. The molecule has 1 aliphatic carbocycles. The van der Waals surface area contributed by atoms with Crippen LogP contribution in [-0.4, -0.2) is 52.9 Å². The fourth-order valence-electron chi connectivity index (χ4n) is 4.10. The van der Waals surface area contributed by atoms with Crippen LogP contribution in [0, 0.1) is 5.92 Å². The highest BCUT2D eigenvalue weighted by Gasteiger charge is 2.41. The number of hydrogen-bond donors (Lipinski definition) is 2. The van der Waals surface area contributed by atoms with Crippen LogP contribution in [0.1, 0.15) is 43.8 Å². The van der Waals surface area contributed by atoms with Gasteiger partial charge in [-0.15, -0.1) is 24.0 Å². The van der Waals surface area contributed by atoms with Crippen molar-refractivity contribution in [3.8, 4) is 0 Å². The van der Waals surface area contributed by atoms with E-state index in [4.69, 9.17) is 0 Å². The molecule has 0 spiro atoms. The first-order valence-electron chi connectivity index (χ1n) is 9.09. The molecule has 1 saturated carbocycles. The molecule has 0 bridgehead atoms. The lowest BCUT2D eigenvalue weighted by Crippen LogP contribution is -2.48. The SMILES string of the molecule is Cn1nccc1[C@H]1[C@H](CNC2=NCCCN2)CCCN1C1CC1.I. The van der Waals surface area contributed by atoms with Crippen LogP contribution in [0.2, 0.25) is 0 Å². The number of aromatic nitrogens is 2. The van der Waals surface area contributed by atoms with Gasteiger partial charge in [-0.05, 0) is 50.6 Å². The summed E-state index contributed by atoms with van der Waals surface area (Å²) in [5, 5.41) is 11.4. The Kier molecular flexibility index (Phi) is 6.02. The zero-order valence-corrected chi connectivity index (χ0v) is 16.8. The number of rotatable bonds is 4. The summed E-state index contributed by atoms with van der Waals surface area (Å²) < 4.78 is 2.06. The molecule has 3 aliphatic rings. The topological polar surface area (TPSA) is 57.5 Å². The van der Waals surface area contributed by atoms with E-state index < -0.39 is 0 Å². The van der Waals surface area contributed by atoms with Gasteiger partial charge in [0.15, 0.2) is 5.96 Å². The van der Waals surface area contributed by atoms with Crippen LogP contribution >= 0.6 is 24.0 Å². The van der Waals surface area contributed by atoms with Crippen molar-refractivity contribution in [1.29, 1.82) is 0 Å². The van der Waals surface area contributed by atoms with Crippen LogP contribution < -0.4 is 10.6 Å². The molecular weight excluding hydrogens is 415 g/mol. The molecule has 0 radical (unpaired) electrons. The van der Waals surface area contributed by atoms with E-state index in [0.717, 1.165) is 38.1 Å². The summed E-state index contributed by atoms with van der Waals surface area (Å²) in [4.78, 5) is 7.29. The Morgan fingerprint density at radius 1 is 1.29 bits per heavy atom. The van der Waals surface area contributed by atoms with Gasteiger partial charge in [0.25, 0.3) is 0 Å². The number of hydrogen-bond acceptors (Lipinski definition) is 5. The van der Waals surface area contributed by atoms with Gasteiger partial charge in [-0.2, -0.15) is 5.10 Å². The van der Waals surface area contributed by atoms with Gasteiger partial charge in [-0.1, -0.05) is 0 Å². The molecule has 0 unspecified atom stereocenters. The number of nitrogens with zero attached hydrogens (tertiary/aromatic N) is 4. The van der Waals surface area contributed by atoms with Crippen molar-refractivity contribution in [1.82, 2.24) is 25.3 Å². The second kappa shape index (κ2) is 8.03. The van der Waals surface area contributed by atoms with E-state index in [1.165, 1.54) is 37.9 Å². The number of likely N-dealkylation sites (tertiary alicyclic amines) is 1. The number of guanidine groups is 1. The first-order valence-corrected chi connectivity index (χ1v) is 9.09. The highest BCUT2D eigenvalue weighted by atomic mass is 127. The predicted molar refractivity (Wildman–Crippen MR) is 107 cm³/mol. The summed E-state index contributed by atoms with van der Waals surface area (Å²) in [5.74, 6) is 1.61. The van der Waals surface area contributed by atoms with Crippen LogP contribution in [0.5, 0.6) is 0 Å². The smallest absolute Gasteiger partial charge is 0.191 e. The van der Waals surface area contributed by atoms with E-state index in [2.05, 4.69) is 43.4 Å². The Morgan fingerprint density at radius 2 is 2.17 bits per heavy atom. The summed E-state index contributed by atoms with van der Waals surface area (Å²) in [7, 11) is 2.08. The molecule has 1 aromatic heterocycles. The second-order valence-electron chi connectivity index (χ2n) is 7.09. The first kappa shape index (κ1) is 18.0. The van der Waals surface area contributed by atoms with Crippen molar-refractivity contribution >= 4 is 29.9 Å². The van der Waals surface area contributed by atoms with Crippen molar-refractivity contribution in [2.75, 3.05) is 26.2 Å². The van der Waals surface area contributed by atoms with Gasteiger partial charge in [0.1, 0.15) is 0 Å². The van der Waals surface area contributed by atoms with Gasteiger partial charge in [0.2, 0.25) is 0 Å². The van der Waals surface area contributed by atoms with Crippen LogP contribution in [0.15, 0.2) is 17.3 Å². The molecule has 1 aromatic rings. The van der Waals surface area contributed by atoms with Gasteiger partial charge < -0.3 is 10.6 Å². The maximum absolute atomic E-state index is 4.55. The summed E-state index contributed by atoms with van der Waals surface area (Å²) in [5.41, 5.74) is 1.36. The Labute approximate surface area is 161 Å². The molecule has 24 heavy (non-hydrogen) atoms. The molecule has 2 aliphatic heterocycles. The first-order chi connectivity index (χ1) is 11.3. The second-order valence-corrected chi connectivity index (χ2v) is 7.09. The van der Waals surface area contributed by atoms with Crippen molar-refractivity contribution in [2.45, 2.75) is 44.2 Å². The van der Waals surface area contributed by atoms with Crippen LogP contribution in [0.3, 0.4) is 0 Å². The summed E-state index contributed by atoms with van der Waals surface area (Å²) in [6.07, 6.45) is 8.38. The highest BCUT2D eigenvalue weighted by molar-refractivity contribution is 14.0. The van der Waals surface area contributed by atoms with Crippen LogP contribution in [-0.2, 0) is 7.05 Å². The van der Waals surface area contributed by atoms with Crippen molar-refractivity contribution in [2.24, 2.45) is 18.0 Å². The maximum Gasteiger partial charge on any atom is 0.191 e. The van der Waals surface area contributed by atoms with E-state index in [1.54, 1.807) is 0 Å². The van der Waals surface area contributed by atoms with Crippen molar-refractivity contribution in [3.05, 3.63) is 18.0 Å². The van der Waals surface area contributed by atoms with Crippen LogP contribution in [0.25, 0.3) is 0 Å². The van der Waals surface area contributed by atoms with E-state index in [-0.39, 0.29) is 24.0 Å². The quantitative estimate of drug-likeness (QED) is 0.697. The Bertz CT molecular complexity index is 567. The van der Waals surface area contributed by atoms with Gasteiger partial charge in [-0.3, -0.25) is 14.6 Å². The standard InChI is InChI=1S/C17H28N6.HI/c1-22-15(7-10-21-22)16-13(4-2-11-23(16)14-5-6-14)12-20-17-18-8-3-9-19-17;/h7,10,13-14,16H,2-6,8-9,11-12H2,1H3,(H2,18,19,20);1H/t13-,16+;/m0./s1. The Morgan fingerprint density at radius 3 is 2.83 bits per heavy atom. The van der Waals surface area contributed by atoms with Gasteiger partial charge in [-0.25, -0.2) is 0 Å². The fourth-order valence-corrected chi connectivity index (χ4v) is 4.10. The van der Waals surface area contributed by atoms with E-state index >= 15 is 0 Å². The number of nitrogens with one attached hydrogen (secondary N) is 2. The average Bonchev–Trinajstić information content (AvgIpc) is 3.35. The Balaban J connectivity index is 0.00000169. The maximum atomic E-state index is 4.55. The molecule has 0 aromatic carbocycles. The Hall–Kier alpha value is -0.830. The largest absolute Gasteiger partial charge is 0.356 e. The summed E-state index contributed by atoms with van der Waals surface area (Å²) in [6.45, 7) is 4.20. The van der Waals surface area contributed by atoms with Crippen LogP contribution in [0.4, 0.5) is 0 Å². The third-order valence-electron chi connectivity index (χ3n) is 5.40. The molecule has 3 heterocycles. The van der Waals surface area contributed by atoms with Gasteiger partial charge in [0.05, 0.1) is 11.7 Å². The lowest BCUT2D eigenvalue weighted by Gasteiger charge is -2.42.